The number of carbonyl (C=O) groups excluding carboxylic acids is 1. The number of benzene rings is 2. The van der Waals surface area contributed by atoms with E-state index in [9.17, 15) is 14.3 Å². The number of nitrogens with two attached hydrogens (primary N) is 1. The lowest BCUT2D eigenvalue weighted by molar-refractivity contribution is -0.146. The van der Waals surface area contributed by atoms with Crippen molar-refractivity contribution in [1.29, 1.82) is 0 Å². The zero-order chi connectivity index (χ0) is 30.8. The SMILES string of the molecule is Cc1ccc(F)c(-c2cn(Cc3cccc(F)c3)c(C(N(CC3CN(CCN)CC3F)C(=O)C(C)O)C(C)(C)C)n2)c1. The van der Waals surface area contributed by atoms with E-state index in [0.29, 0.717) is 42.3 Å². The standard InChI is InChI=1S/C32H42F3N5O2/c1-20-9-10-26(34)25(13-20)28-19-39(15-22-7-6-8-24(33)14-22)30(37-28)29(32(3,4)5)40(31(42)21(2)41)17-23-16-38(12-11-36)18-27(23)35/h6-10,13-14,19,21,23,27,29,41H,11-12,15-18,36H2,1-5H3. The van der Waals surface area contributed by atoms with Crippen molar-refractivity contribution < 1.29 is 23.1 Å². The van der Waals surface area contributed by atoms with Crippen molar-refractivity contribution in [2.75, 3.05) is 32.7 Å². The van der Waals surface area contributed by atoms with Gasteiger partial charge in [0.15, 0.2) is 0 Å². The fourth-order valence-corrected chi connectivity index (χ4v) is 5.84. The van der Waals surface area contributed by atoms with Crippen molar-refractivity contribution in [3.8, 4) is 11.3 Å². The molecule has 1 fully saturated rings. The predicted molar refractivity (Wildman–Crippen MR) is 157 cm³/mol. The summed E-state index contributed by atoms with van der Waals surface area (Å²) in [6.45, 7) is 10.9. The van der Waals surface area contributed by atoms with Crippen LogP contribution >= 0.6 is 0 Å². The van der Waals surface area contributed by atoms with Gasteiger partial charge in [-0.25, -0.2) is 18.2 Å². The summed E-state index contributed by atoms with van der Waals surface area (Å²) in [6, 6.07) is 10.2. The second kappa shape index (κ2) is 13.0. The van der Waals surface area contributed by atoms with Gasteiger partial charge in [0.2, 0.25) is 0 Å². The fraction of sp³-hybridized carbons (Fsp3) is 0.500. The molecular weight excluding hydrogens is 543 g/mol. The lowest BCUT2D eigenvalue weighted by atomic mass is 9.84. The first-order chi connectivity index (χ1) is 19.8. The zero-order valence-electron chi connectivity index (χ0n) is 25.0. The molecule has 1 aromatic heterocycles. The number of aliphatic hydroxyl groups is 1. The summed E-state index contributed by atoms with van der Waals surface area (Å²) in [5, 5.41) is 10.5. The molecular formula is C32H42F3N5O2. The van der Waals surface area contributed by atoms with Gasteiger partial charge in [-0.05, 0) is 49.1 Å². The molecule has 42 heavy (non-hydrogen) atoms. The van der Waals surface area contributed by atoms with Gasteiger partial charge in [0.25, 0.3) is 5.91 Å². The van der Waals surface area contributed by atoms with Crippen LogP contribution in [0.3, 0.4) is 0 Å². The largest absolute Gasteiger partial charge is 0.384 e. The lowest BCUT2D eigenvalue weighted by Gasteiger charge is -2.41. The van der Waals surface area contributed by atoms with Crippen LogP contribution in [0.25, 0.3) is 11.3 Å². The minimum atomic E-state index is -1.34. The van der Waals surface area contributed by atoms with E-state index >= 15 is 8.78 Å². The second-order valence-corrected chi connectivity index (χ2v) is 12.5. The Labute approximate surface area is 246 Å². The number of aromatic nitrogens is 2. The van der Waals surface area contributed by atoms with E-state index in [0.717, 1.165) is 5.56 Å². The molecule has 10 heteroatoms. The van der Waals surface area contributed by atoms with Crippen LogP contribution in [0.5, 0.6) is 0 Å². The predicted octanol–water partition coefficient (Wildman–Crippen LogP) is 4.71. The van der Waals surface area contributed by atoms with Crippen molar-refractivity contribution >= 4 is 5.91 Å². The third-order valence-corrected chi connectivity index (χ3v) is 7.78. The molecule has 2 heterocycles. The average Bonchev–Trinajstić information content (AvgIpc) is 3.46. The van der Waals surface area contributed by atoms with Gasteiger partial charge >= 0.3 is 0 Å². The molecule has 0 spiro atoms. The van der Waals surface area contributed by atoms with Crippen LogP contribution in [0.15, 0.2) is 48.7 Å². The number of halogens is 3. The number of aliphatic hydroxyl groups excluding tert-OH is 1. The fourth-order valence-electron chi connectivity index (χ4n) is 5.84. The van der Waals surface area contributed by atoms with Gasteiger partial charge in [0.05, 0.1) is 11.7 Å². The third-order valence-electron chi connectivity index (χ3n) is 7.78. The second-order valence-electron chi connectivity index (χ2n) is 12.5. The van der Waals surface area contributed by atoms with Crippen LogP contribution in [-0.2, 0) is 11.3 Å². The van der Waals surface area contributed by atoms with Gasteiger partial charge in [-0.15, -0.1) is 0 Å². The average molecular weight is 586 g/mol. The van der Waals surface area contributed by atoms with Crippen LogP contribution < -0.4 is 5.73 Å². The molecule has 0 aliphatic carbocycles. The van der Waals surface area contributed by atoms with E-state index in [4.69, 9.17) is 10.7 Å². The van der Waals surface area contributed by atoms with Crippen molar-refractivity contribution in [2.24, 2.45) is 17.1 Å². The Hall–Kier alpha value is -3.21. The maximum absolute atomic E-state index is 15.3. The highest BCUT2D eigenvalue weighted by molar-refractivity contribution is 5.80. The van der Waals surface area contributed by atoms with E-state index in [-0.39, 0.29) is 19.6 Å². The van der Waals surface area contributed by atoms with E-state index in [1.165, 1.54) is 30.0 Å². The monoisotopic (exact) mass is 585 g/mol. The molecule has 228 valence electrons. The quantitative estimate of drug-likeness (QED) is 0.360. The van der Waals surface area contributed by atoms with Gasteiger partial charge < -0.3 is 20.3 Å². The Morgan fingerprint density at radius 1 is 1.19 bits per heavy atom. The van der Waals surface area contributed by atoms with Crippen molar-refractivity contribution in [1.82, 2.24) is 19.4 Å². The summed E-state index contributed by atoms with van der Waals surface area (Å²) in [4.78, 5) is 22.0. The Bertz CT molecular complexity index is 1390. The molecule has 3 aromatic rings. The maximum atomic E-state index is 15.3. The number of nitrogens with zero attached hydrogens (tertiary/aromatic N) is 4. The Morgan fingerprint density at radius 3 is 2.57 bits per heavy atom. The Balaban J connectivity index is 1.86. The van der Waals surface area contributed by atoms with E-state index in [1.807, 2.05) is 32.6 Å². The summed E-state index contributed by atoms with van der Waals surface area (Å²) in [7, 11) is 0. The molecule has 2 aromatic carbocycles. The summed E-state index contributed by atoms with van der Waals surface area (Å²) in [6.07, 6.45) is -0.807. The van der Waals surface area contributed by atoms with E-state index < -0.39 is 47.2 Å². The highest BCUT2D eigenvalue weighted by Crippen LogP contribution is 2.41. The minimum Gasteiger partial charge on any atom is -0.384 e. The topological polar surface area (TPSA) is 87.6 Å². The molecule has 7 nitrogen and oxygen atoms in total. The number of hydrogen-bond acceptors (Lipinski definition) is 5. The zero-order valence-corrected chi connectivity index (χ0v) is 25.0. The molecule has 0 bridgehead atoms. The van der Waals surface area contributed by atoms with Gasteiger partial charge in [0, 0.05) is 56.9 Å². The first-order valence-corrected chi connectivity index (χ1v) is 14.4. The highest BCUT2D eigenvalue weighted by Gasteiger charge is 2.43. The van der Waals surface area contributed by atoms with Crippen molar-refractivity contribution in [2.45, 2.75) is 59.5 Å². The van der Waals surface area contributed by atoms with Crippen LogP contribution in [0, 0.1) is 29.9 Å². The number of carbonyl (C=O) groups is 1. The Kier molecular flexibility index (Phi) is 9.80. The molecule has 1 aliphatic rings. The van der Waals surface area contributed by atoms with Gasteiger partial charge in [-0.1, -0.05) is 44.5 Å². The number of imidazole rings is 1. The van der Waals surface area contributed by atoms with E-state index in [1.54, 1.807) is 35.0 Å². The Morgan fingerprint density at radius 2 is 1.93 bits per heavy atom. The molecule has 1 aliphatic heterocycles. The first-order valence-electron chi connectivity index (χ1n) is 14.4. The lowest BCUT2D eigenvalue weighted by Crippen LogP contribution is -2.49. The number of hydrogen-bond donors (Lipinski definition) is 2. The third kappa shape index (κ3) is 7.22. The number of amides is 1. The van der Waals surface area contributed by atoms with Gasteiger partial charge in [0.1, 0.15) is 29.7 Å². The van der Waals surface area contributed by atoms with Gasteiger partial charge in [-0.2, -0.15) is 0 Å². The first kappa shape index (κ1) is 31.7. The number of likely N-dealkylation sites (tertiary alicyclic amines) is 1. The number of rotatable bonds is 10. The normalized spacial score (nSPS) is 19.2. The molecule has 4 rings (SSSR count). The maximum Gasteiger partial charge on any atom is 0.251 e. The summed E-state index contributed by atoms with van der Waals surface area (Å²) < 4.78 is 46.3. The molecule has 1 saturated heterocycles. The smallest absolute Gasteiger partial charge is 0.251 e. The summed E-state index contributed by atoms with van der Waals surface area (Å²) in [5.74, 6) is -1.45. The molecule has 4 atom stereocenters. The summed E-state index contributed by atoms with van der Waals surface area (Å²) >= 11 is 0. The van der Waals surface area contributed by atoms with Gasteiger partial charge in [-0.3, -0.25) is 9.69 Å². The number of alkyl halides is 1. The molecule has 0 radical (unpaired) electrons. The minimum absolute atomic E-state index is 0.0505. The van der Waals surface area contributed by atoms with Crippen molar-refractivity contribution in [3.05, 3.63) is 77.2 Å². The molecule has 3 N–H and O–H groups in total. The summed E-state index contributed by atoms with van der Waals surface area (Å²) in [5.41, 5.74) is 7.23. The van der Waals surface area contributed by atoms with Crippen LogP contribution in [0.2, 0.25) is 0 Å². The van der Waals surface area contributed by atoms with Crippen LogP contribution in [0.1, 0.15) is 50.7 Å². The van der Waals surface area contributed by atoms with E-state index in [2.05, 4.69) is 0 Å². The highest BCUT2D eigenvalue weighted by atomic mass is 19.1. The molecule has 1 amide bonds. The van der Waals surface area contributed by atoms with Crippen LogP contribution in [0.4, 0.5) is 13.2 Å². The van der Waals surface area contributed by atoms with Crippen LogP contribution in [-0.4, -0.2) is 75.4 Å². The molecule has 0 saturated carbocycles. The molecule has 4 unspecified atom stereocenters. The number of aryl methyl sites for hydroxylation is 1. The van der Waals surface area contributed by atoms with Crippen molar-refractivity contribution in [3.63, 3.8) is 0 Å².